The summed E-state index contributed by atoms with van der Waals surface area (Å²) in [6.45, 7) is 0.554. The monoisotopic (exact) mass is 263 g/mol. The topological polar surface area (TPSA) is 107 Å². The molecule has 0 amide bonds. The molecule has 0 radical (unpaired) electrons. The van der Waals surface area contributed by atoms with E-state index in [0.29, 0.717) is 19.4 Å². The van der Waals surface area contributed by atoms with E-state index in [9.17, 15) is 19.1 Å². The van der Waals surface area contributed by atoms with Crippen LogP contribution in [0.5, 0.6) is 0 Å². The molecule has 4 atom stereocenters. The lowest BCUT2D eigenvalue weighted by Gasteiger charge is -2.43. The number of hydrogen-bond donors (Lipinski definition) is 4. The van der Waals surface area contributed by atoms with Gasteiger partial charge in [-0.2, -0.15) is 0 Å². The van der Waals surface area contributed by atoms with Gasteiger partial charge in [0.05, 0.1) is 5.66 Å². The zero-order valence-corrected chi connectivity index (χ0v) is 10.3. The number of carboxylic acid groups (broad SMARTS) is 1. The molecular formula is C10H18NO5P. The van der Waals surface area contributed by atoms with Gasteiger partial charge in [-0.15, -0.1) is 0 Å². The molecule has 0 spiro atoms. The minimum atomic E-state index is -4.11. The molecule has 17 heavy (non-hydrogen) atoms. The summed E-state index contributed by atoms with van der Waals surface area (Å²) < 4.78 is 11.4. The van der Waals surface area contributed by atoms with Crippen LogP contribution in [0.1, 0.15) is 25.7 Å². The van der Waals surface area contributed by atoms with Crippen molar-refractivity contribution in [2.24, 2.45) is 11.8 Å². The van der Waals surface area contributed by atoms with Crippen LogP contribution in [-0.4, -0.2) is 39.1 Å². The minimum absolute atomic E-state index is 0.160. The van der Waals surface area contributed by atoms with E-state index in [1.165, 1.54) is 0 Å². The van der Waals surface area contributed by atoms with Gasteiger partial charge < -0.3 is 20.2 Å². The first-order valence-electron chi connectivity index (χ1n) is 5.91. The SMILES string of the molecule is O=C(O)[C@@H]1C[C@@H]2[C@H](CCC[C@H]2P(=O)(O)O)CN1. The minimum Gasteiger partial charge on any atom is -0.480 e. The zero-order valence-electron chi connectivity index (χ0n) is 9.45. The number of piperidine rings is 1. The summed E-state index contributed by atoms with van der Waals surface area (Å²) in [5.74, 6) is -0.887. The molecule has 1 saturated carbocycles. The van der Waals surface area contributed by atoms with Gasteiger partial charge >= 0.3 is 13.6 Å². The van der Waals surface area contributed by atoms with E-state index in [2.05, 4.69) is 5.32 Å². The Hall–Kier alpha value is -0.420. The summed E-state index contributed by atoms with van der Waals surface area (Å²) >= 11 is 0. The third-order valence-corrected chi connectivity index (χ3v) is 5.54. The predicted molar refractivity (Wildman–Crippen MR) is 60.7 cm³/mol. The van der Waals surface area contributed by atoms with Crippen LogP contribution in [0.3, 0.4) is 0 Å². The standard InChI is InChI=1S/C10H18NO5P/c12-10(13)8-4-7-6(5-11-8)2-1-3-9(7)17(14,15)16/h6-9,11H,1-5H2,(H,12,13)(H2,14,15,16)/t6-,7-,8+,9-/m1/s1. The molecule has 0 unspecified atom stereocenters. The molecular weight excluding hydrogens is 245 g/mol. The van der Waals surface area contributed by atoms with E-state index in [1.54, 1.807) is 0 Å². The van der Waals surface area contributed by atoms with Gasteiger partial charge in [0, 0.05) is 0 Å². The average Bonchev–Trinajstić information content (AvgIpc) is 2.26. The van der Waals surface area contributed by atoms with Crippen LogP contribution in [0.2, 0.25) is 0 Å². The van der Waals surface area contributed by atoms with Gasteiger partial charge in [0.1, 0.15) is 6.04 Å². The van der Waals surface area contributed by atoms with Gasteiger partial charge in [-0.25, -0.2) is 0 Å². The second kappa shape index (κ2) is 4.69. The average molecular weight is 263 g/mol. The van der Waals surface area contributed by atoms with Crippen molar-refractivity contribution in [3.63, 3.8) is 0 Å². The number of carbonyl (C=O) groups is 1. The predicted octanol–water partition coefficient (Wildman–Crippen LogP) is 0.395. The molecule has 7 heteroatoms. The van der Waals surface area contributed by atoms with Gasteiger partial charge in [0.2, 0.25) is 0 Å². The summed E-state index contributed by atoms with van der Waals surface area (Å²) in [7, 11) is -4.11. The molecule has 0 aromatic carbocycles. The van der Waals surface area contributed by atoms with E-state index in [0.717, 1.165) is 12.8 Å². The molecule has 6 nitrogen and oxygen atoms in total. The molecule has 1 aliphatic carbocycles. The van der Waals surface area contributed by atoms with Gasteiger partial charge in [-0.1, -0.05) is 6.42 Å². The van der Waals surface area contributed by atoms with E-state index >= 15 is 0 Å². The lowest BCUT2D eigenvalue weighted by Crippen LogP contribution is -2.52. The first-order valence-corrected chi connectivity index (χ1v) is 7.59. The van der Waals surface area contributed by atoms with Gasteiger partial charge in [-0.05, 0) is 37.6 Å². The highest BCUT2D eigenvalue weighted by Gasteiger charge is 2.46. The van der Waals surface area contributed by atoms with Crippen LogP contribution in [0.4, 0.5) is 0 Å². The second-order valence-corrected chi connectivity index (χ2v) is 6.89. The number of carboxylic acids is 1. The summed E-state index contributed by atoms with van der Waals surface area (Å²) in [6, 6.07) is -0.664. The molecule has 2 rings (SSSR count). The molecule has 1 aliphatic heterocycles. The van der Waals surface area contributed by atoms with Crippen molar-refractivity contribution in [1.29, 1.82) is 0 Å². The third kappa shape index (κ3) is 2.71. The molecule has 4 N–H and O–H groups in total. The van der Waals surface area contributed by atoms with Gasteiger partial charge in [0.15, 0.2) is 0 Å². The summed E-state index contributed by atoms with van der Waals surface area (Å²) in [5.41, 5.74) is -0.648. The summed E-state index contributed by atoms with van der Waals surface area (Å²) in [4.78, 5) is 29.6. The van der Waals surface area contributed by atoms with Crippen molar-refractivity contribution in [2.75, 3.05) is 6.54 Å². The van der Waals surface area contributed by atoms with Crippen molar-refractivity contribution in [1.82, 2.24) is 5.32 Å². The van der Waals surface area contributed by atoms with Crippen LogP contribution in [-0.2, 0) is 9.36 Å². The van der Waals surface area contributed by atoms with Gasteiger partial charge in [-0.3, -0.25) is 9.36 Å². The van der Waals surface area contributed by atoms with E-state index in [1.807, 2.05) is 0 Å². The quantitative estimate of drug-likeness (QED) is 0.537. The van der Waals surface area contributed by atoms with E-state index < -0.39 is 25.3 Å². The number of nitrogens with one attached hydrogen (secondary N) is 1. The fourth-order valence-corrected chi connectivity index (χ4v) is 4.57. The maximum atomic E-state index is 11.4. The van der Waals surface area contributed by atoms with Gasteiger partial charge in [0.25, 0.3) is 0 Å². The van der Waals surface area contributed by atoms with Crippen LogP contribution < -0.4 is 5.32 Å². The lowest BCUT2D eigenvalue weighted by atomic mass is 9.73. The number of rotatable bonds is 2. The third-order valence-electron chi connectivity index (χ3n) is 4.04. The smallest absolute Gasteiger partial charge is 0.328 e. The lowest BCUT2D eigenvalue weighted by molar-refractivity contribution is -0.141. The molecule has 2 fully saturated rings. The normalized spacial score (nSPS) is 38.5. The zero-order chi connectivity index (χ0) is 12.6. The fraction of sp³-hybridized carbons (Fsp3) is 0.900. The Labute approximate surface area is 99.6 Å². The fourth-order valence-electron chi connectivity index (χ4n) is 3.19. The number of aliphatic carboxylic acids is 1. The molecule has 1 saturated heterocycles. The van der Waals surface area contributed by atoms with E-state index in [-0.39, 0.29) is 11.8 Å². The molecule has 1 heterocycles. The molecule has 0 aromatic heterocycles. The van der Waals surface area contributed by atoms with Crippen molar-refractivity contribution in [3.05, 3.63) is 0 Å². The highest BCUT2D eigenvalue weighted by atomic mass is 31.2. The van der Waals surface area contributed by atoms with Crippen LogP contribution in [0.25, 0.3) is 0 Å². The molecule has 2 aliphatic rings. The highest BCUT2D eigenvalue weighted by Crippen LogP contribution is 2.53. The first-order chi connectivity index (χ1) is 7.89. The Kier molecular flexibility index (Phi) is 3.59. The largest absolute Gasteiger partial charge is 0.480 e. The van der Waals surface area contributed by atoms with Crippen molar-refractivity contribution >= 4 is 13.6 Å². The van der Waals surface area contributed by atoms with Crippen molar-refractivity contribution in [3.8, 4) is 0 Å². The summed E-state index contributed by atoms with van der Waals surface area (Å²) in [6.07, 6.45) is 2.59. The Morgan fingerprint density at radius 3 is 2.59 bits per heavy atom. The maximum Gasteiger partial charge on any atom is 0.328 e. The first kappa shape index (κ1) is 13.0. The van der Waals surface area contributed by atoms with Crippen molar-refractivity contribution < 1.29 is 24.3 Å². The summed E-state index contributed by atoms with van der Waals surface area (Å²) in [5, 5.41) is 11.9. The van der Waals surface area contributed by atoms with Crippen LogP contribution >= 0.6 is 7.60 Å². The Morgan fingerprint density at radius 2 is 2.00 bits per heavy atom. The van der Waals surface area contributed by atoms with Crippen molar-refractivity contribution in [2.45, 2.75) is 37.4 Å². The van der Waals surface area contributed by atoms with Crippen LogP contribution in [0.15, 0.2) is 0 Å². The Morgan fingerprint density at radius 1 is 1.29 bits per heavy atom. The number of hydrogen-bond acceptors (Lipinski definition) is 3. The molecule has 0 bridgehead atoms. The molecule has 0 aromatic rings. The Bertz CT molecular complexity index is 355. The Balaban J connectivity index is 2.15. The highest BCUT2D eigenvalue weighted by molar-refractivity contribution is 7.52. The van der Waals surface area contributed by atoms with E-state index in [4.69, 9.17) is 5.11 Å². The van der Waals surface area contributed by atoms with Crippen LogP contribution in [0, 0.1) is 11.8 Å². The second-order valence-electron chi connectivity index (χ2n) is 5.05. The number of fused-ring (bicyclic) bond motifs is 1. The maximum absolute atomic E-state index is 11.4. The molecule has 98 valence electrons.